The molecular weight excluding hydrogens is 178 g/mol. The zero-order chi connectivity index (χ0) is 10.6. The first-order chi connectivity index (χ1) is 6.69. The van der Waals surface area contributed by atoms with Crippen LogP contribution in [0.4, 0.5) is 0 Å². The van der Waals surface area contributed by atoms with Gasteiger partial charge >= 0.3 is 0 Å². The minimum absolute atomic E-state index is 0.161. The molecule has 1 aliphatic rings. The molecule has 0 bridgehead atoms. The third-order valence-electron chi connectivity index (χ3n) is 3.06. The summed E-state index contributed by atoms with van der Waals surface area (Å²) in [6.07, 6.45) is 3.35. The van der Waals surface area contributed by atoms with Gasteiger partial charge in [0.1, 0.15) is 0 Å². The molecule has 4 heteroatoms. The van der Waals surface area contributed by atoms with Crippen molar-refractivity contribution in [2.45, 2.75) is 39.2 Å². The molecule has 0 aliphatic carbocycles. The van der Waals surface area contributed by atoms with E-state index in [1.165, 1.54) is 6.42 Å². The highest BCUT2D eigenvalue weighted by atomic mass is 16.4. The van der Waals surface area contributed by atoms with Gasteiger partial charge in [-0.15, -0.1) is 0 Å². The van der Waals surface area contributed by atoms with Gasteiger partial charge in [0.2, 0.25) is 0 Å². The first-order valence-electron chi connectivity index (χ1n) is 5.40. The minimum Gasteiger partial charge on any atom is -0.409 e. The van der Waals surface area contributed by atoms with Crippen LogP contribution in [-0.2, 0) is 0 Å². The van der Waals surface area contributed by atoms with Crippen molar-refractivity contribution in [2.75, 3.05) is 13.1 Å². The lowest BCUT2D eigenvalue weighted by molar-refractivity contribution is 0.247. The Morgan fingerprint density at radius 1 is 1.71 bits per heavy atom. The first-order valence-corrected chi connectivity index (χ1v) is 5.40. The molecule has 3 N–H and O–H groups in total. The molecule has 82 valence electrons. The molecule has 1 fully saturated rings. The van der Waals surface area contributed by atoms with Gasteiger partial charge in [0.05, 0.1) is 6.04 Å². The summed E-state index contributed by atoms with van der Waals surface area (Å²) in [6, 6.07) is 0.161. The van der Waals surface area contributed by atoms with E-state index >= 15 is 0 Å². The number of oxime groups is 1. The van der Waals surface area contributed by atoms with Crippen LogP contribution in [0.2, 0.25) is 0 Å². The predicted octanol–water partition coefficient (Wildman–Crippen LogP) is 1.24. The van der Waals surface area contributed by atoms with E-state index in [2.05, 4.69) is 23.9 Å². The molecule has 2 unspecified atom stereocenters. The van der Waals surface area contributed by atoms with Crippen LogP contribution in [0.1, 0.15) is 33.1 Å². The maximum absolute atomic E-state index is 8.64. The highest BCUT2D eigenvalue weighted by Crippen LogP contribution is 2.19. The monoisotopic (exact) mass is 199 g/mol. The lowest BCUT2D eigenvalue weighted by atomic mass is 10.1. The van der Waals surface area contributed by atoms with Crippen LogP contribution in [0.5, 0.6) is 0 Å². The molecule has 14 heavy (non-hydrogen) atoms. The van der Waals surface area contributed by atoms with E-state index in [1.54, 1.807) is 0 Å². The van der Waals surface area contributed by atoms with Crippen LogP contribution in [-0.4, -0.2) is 35.1 Å². The van der Waals surface area contributed by atoms with Crippen molar-refractivity contribution in [1.82, 2.24) is 4.90 Å². The van der Waals surface area contributed by atoms with Crippen LogP contribution in [0.15, 0.2) is 5.16 Å². The van der Waals surface area contributed by atoms with Crippen molar-refractivity contribution in [3.8, 4) is 0 Å². The second-order valence-electron chi connectivity index (χ2n) is 4.19. The van der Waals surface area contributed by atoms with E-state index in [9.17, 15) is 0 Å². The molecule has 0 radical (unpaired) electrons. The van der Waals surface area contributed by atoms with Crippen LogP contribution < -0.4 is 5.73 Å². The molecule has 2 atom stereocenters. The number of nitrogens with two attached hydrogens (primary N) is 1. The number of nitrogens with zero attached hydrogens (tertiary/aromatic N) is 2. The van der Waals surface area contributed by atoms with Crippen molar-refractivity contribution >= 4 is 5.84 Å². The molecule has 0 aromatic heterocycles. The van der Waals surface area contributed by atoms with E-state index < -0.39 is 0 Å². The molecule has 1 heterocycles. The predicted molar refractivity (Wildman–Crippen MR) is 57.5 cm³/mol. The number of hydrogen-bond donors (Lipinski definition) is 2. The van der Waals surface area contributed by atoms with Gasteiger partial charge < -0.3 is 10.9 Å². The zero-order valence-electron chi connectivity index (χ0n) is 9.11. The Balaban J connectivity index is 2.51. The quantitative estimate of drug-likeness (QED) is 0.310. The molecular formula is C10H21N3O. The van der Waals surface area contributed by atoms with E-state index in [0.29, 0.717) is 11.8 Å². The van der Waals surface area contributed by atoms with Crippen molar-refractivity contribution in [3.05, 3.63) is 0 Å². The number of hydrogen-bond acceptors (Lipinski definition) is 3. The Morgan fingerprint density at radius 2 is 2.43 bits per heavy atom. The number of likely N-dealkylation sites (tertiary alicyclic amines) is 1. The normalized spacial score (nSPS) is 26.7. The summed E-state index contributed by atoms with van der Waals surface area (Å²) in [5.41, 5.74) is 5.64. The van der Waals surface area contributed by atoms with Crippen LogP contribution in [0.25, 0.3) is 0 Å². The van der Waals surface area contributed by atoms with Crippen LogP contribution in [0.3, 0.4) is 0 Å². The summed E-state index contributed by atoms with van der Waals surface area (Å²) in [5.74, 6) is 1.05. The second-order valence-corrected chi connectivity index (χ2v) is 4.19. The summed E-state index contributed by atoms with van der Waals surface area (Å²) in [5, 5.41) is 11.7. The Kier molecular flexibility index (Phi) is 4.20. The Bertz CT molecular complexity index is 206. The van der Waals surface area contributed by atoms with E-state index in [-0.39, 0.29) is 6.04 Å². The van der Waals surface area contributed by atoms with E-state index in [4.69, 9.17) is 10.9 Å². The molecule has 4 nitrogen and oxygen atoms in total. The van der Waals surface area contributed by atoms with Crippen molar-refractivity contribution < 1.29 is 5.21 Å². The lowest BCUT2D eigenvalue weighted by Gasteiger charge is -2.25. The Morgan fingerprint density at radius 3 is 3.00 bits per heavy atom. The molecule has 0 spiro atoms. The highest BCUT2D eigenvalue weighted by molar-refractivity contribution is 5.85. The van der Waals surface area contributed by atoms with Crippen LogP contribution in [0, 0.1) is 5.92 Å². The smallest absolute Gasteiger partial charge is 0.156 e. The third-order valence-corrected chi connectivity index (χ3v) is 3.06. The average Bonchev–Trinajstić information content (AvgIpc) is 2.64. The zero-order valence-corrected chi connectivity index (χ0v) is 9.11. The van der Waals surface area contributed by atoms with Gasteiger partial charge in [-0.25, -0.2) is 0 Å². The van der Waals surface area contributed by atoms with Crippen molar-refractivity contribution in [3.63, 3.8) is 0 Å². The van der Waals surface area contributed by atoms with Gasteiger partial charge in [0, 0.05) is 6.54 Å². The highest BCUT2D eigenvalue weighted by Gasteiger charge is 2.28. The topological polar surface area (TPSA) is 61.8 Å². The largest absolute Gasteiger partial charge is 0.409 e. The van der Waals surface area contributed by atoms with Crippen LogP contribution >= 0.6 is 0 Å². The number of rotatable bonds is 4. The van der Waals surface area contributed by atoms with E-state index in [0.717, 1.165) is 25.9 Å². The Labute approximate surface area is 85.8 Å². The minimum atomic E-state index is 0.161. The maximum atomic E-state index is 8.64. The fourth-order valence-corrected chi connectivity index (χ4v) is 1.98. The van der Waals surface area contributed by atoms with Crippen molar-refractivity contribution in [2.24, 2.45) is 16.8 Å². The fraction of sp³-hybridized carbons (Fsp3) is 0.900. The number of amidine groups is 1. The van der Waals surface area contributed by atoms with E-state index in [1.807, 2.05) is 0 Å². The summed E-state index contributed by atoms with van der Waals surface area (Å²) < 4.78 is 0. The molecule has 0 amide bonds. The molecule has 1 saturated heterocycles. The second kappa shape index (κ2) is 5.20. The molecule has 1 aliphatic heterocycles. The summed E-state index contributed by atoms with van der Waals surface area (Å²) >= 11 is 0. The summed E-state index contributed by atoms with van der Waals surface area (Å²) in [6.45, 7) is 6.56. The summed E-state index contributed by atoms with van der Waals surface area (Å²) in [7, 11) is 0. The van der Waals surface area contributed by atoms with Gasteiger partial charge in [0.15, 0.2) is 5.84 Å². The fourth-order valence-electron chi connectivity index (χ4n) is 1.98. The van der Waals surface area contributed by atoms with Crippen molar-refractivity contribution in [1.29, 1.82) is 0 Å². The van der Waals surface area contributed by atoms with Gasteiger partial charge in [-0.1, -0.05) is 25.4 Å². The molecule has 1 rings (SSSR count). The SMILES string of the molecule is CCC(C)CN1CCCC1C(N)=NO. The maximum Gasteiger partial charge on any atom is 0.156 e. The van der Waals surface area contributed by atoms with Gasteiger partial charge in [-0.2, -0.15) is 0 Å². The first kappa shape index (κ1) is 11.3. The standard InChI is InChI=1S/C10H21N3O/c1-3-8(2)7-13-6-4-5-9(13)10(11)12-14/h8-9,14H,3-7H2,1-2H3,(H2,11,12). The average molecular weight is 199 g/mol. The molecule has 0 saturated carbocycles. The van der Waals surface area contributed by atoms with Gasteiger partial charge in [-0.3, -0.25) is 4.90 Å². The van der Waals surface area contributed by atoms with Gasteiger partial charge in [0.25, 0.3) is 0 Å². The lowest BCUT2D eigenvalue weighted by Crippen LogP contribution is -2.42. The van der Waals surface area contributed by atoms with Gasteiger partial charge in [-0.05, 0) is 25.3 Å². The summed E-state index contributed by atoms with van der Waals surface area (Å²) in [4.78, 5) is 2.32. The Hall–Kier alpha value is -0.770. The molecule has 0 aromatic carbocycles. The molecule has 0 aromatic rings. The third kappa shape index (κ3) is 2.61.